The Morgan fingerprint density at radius 3 is 2.80 bits per heavy atom. The number of hydrogen-bond donors (Lipinski definition) is 0. The molecule has 0 amide bonds. The minimum absolute atomic E-state index is 0.00560. The van der Waals surface area contributed by atoms with Crippen LogP contribution in [0.2, 0.25) is 0 Å². The molecule has 0 bridgehead atoms. The van der Waals surface area contributed by atoms with Crippen molar-refractivity contribution >= 4 is 0 Å². The van der Waals surface area contributed by atoms with Gasteiger partial charge in [-0.25, -0.2) is 0 Å². The first-order chi connectivity index (χ1) is 7.34. The monoisotopic (exact) mass is 206 g/mol. The van der Waals surface area contributed by atoms with Crippen molar-refractivity contribution in [1.82, 2.24) is 0 Å². The molecule has 0 saturated carbocycles. The maximum atomic E-state index is 5.72. The van der Waals surface area contributed by atoms with Crippen LogP contribution in [0.25, 0.3) is 0 Å². The third-order valence-electron chi connectivity index (χ3n) is 2.71. The molecule has 2 nitrogen and oxygen atoms in total. The van der Waals surface area contributed by atoms with Crippen molar-refractivity contribution in [3.8, 4) is 0 Å². The third kappa shape index (κ3) is 3.33. The standard InChI is InChI=1S/C13H18O2/c1-11-6-5-9-13(15-11)14-10-12-7-3-2-4-8-12/h2-4,7-8,11,13H,5-6,9-10H2,1H3/t11?,13-/m1/s1. The molecule has 2 heteroatoms. The molecule has 1 aromatic carbocycles. The fraction of sp³-hybridized carbons (Fsp3) is 0.538. The Morgan fingerprint density at radius 1 is 1.27 bits per heavy atom. The Hall–Kier alpha value is -0.860. The van der Waals surface area contributed by atoms with Crippen LogP contribution in [0.15, 0.2) is 30.3 Å². The number of ether oxygens (including phenoxy) is 2. The summed E-state index contributed by atoms with van der Waals surface area (Å²) in [6, 6.07) is 10.2. The van der Waals surface area contributed by atoms with Gasteiger partial charge in [0, 0.05) is 0 Å². The van der Waals surface area contributed by atoms with Crippen LogP contribution in [0.4, 0.5) is 0 Å². The topological polar surface area (TPSA) is 18.5 Å². The van der Waals surface area contributed by atoms with E-state index in [1.54, 1.807) is 0 Å². The van der Waals surface area contributed by atoms with E-state index in [4.69, 9.17) is 9.47 Å². The highest BCUT2D eigenvalue weighted by atomic mass is 16.7. The van der Waals surface area contributed by atoms with Gasteiger partial charge in [-0.3, -0.25) is 0 Å². The zero-order valence-corrected chi connectivity index (χ0v) is 9.19. The van der Waals surface area contributed by atoms with E-state index in [1.807, 2.05) is 18.2 Å². The van der Waals surface area contributed by atoms with Crippen LogP contribution in [0.5, 0.6) is 0 Å². The van der Waals surface area contributed by atoms with Crippen molar-refractivity contribution in [3.05, 3.63) is 35.9 Å². The van der Waals surface area contributed by atoms with Gasteiger partial charge in [-0.2, -0.15) is 0 Å². The van der Waals surface area contributed by atoms with E-state index in [0.29, 0.717) is 12.7 Å². The lowest BCUT2D eigenvalue weighted by Crippen LogP contribution is -2.27. The fourth-order valence-electron chi connectivity index (χ4n) is 1.85. The lowest BCUT2D eigenvalue weighted by Gasteiger charge is -2.27. The van der Waals surface area contributed by atoms with Crippen LogP contribution in [0.1, 0.15) is 31.7 Å². The second-order valence-corrected chi connectivity index (χ2v) is 4.10. The zero-order chi connectivity index (χ0) is 10.5. The second kappa shape index (κ2) is 5.29. The number of rotatable bonds is 3. The quantitative estimate of drug-likeness (QED) is 0.756. The molecule has 2 rings (SSSR count). The predicted molar refractivity (Wildman–Crippen MR) is 59.4 cm³/mol. The van der Waals surface area contributed by atoms with Gasteiger partial charge in [0.05, 0.1) is 12.7 Å². The van der Waals surface area contributed by atoms with Crippen LogP contribution in [-0.2, 0) is 16.1 Å². The normalized spacial score (nSPS) is 26.5. The molecule has 1 aliphatic heterocycles. The van der Waals surface area contributed by atoms with Gasteiger partial charge < -0.3 is 9.47 Å². The van der Waals surface area contributed by atoms with Gasteiger partial charge >= 0.3 is 0 Å². The van der Waals surface area contributed by atoms with E-state index < -0.39 is 0 Å². The highest BCUT2D eigenvalue weighted by molar-refractivity contribution is 5.13. The number of benzene rings is 1. The van der Waals surface area contributed by atoms with Gasteiger partial charge in [0.2, 0.25) is 0 Å². The third-order valence-corrected chi connectivity index (χ3v) is 2.71. The van der Waals surface area contributed by atoms with E-state index in [1.165, 1.54) is 12.0 Å². The lowest BCUT2D eigenvalue weighted by atomic mass is 10.1. The van der Waals surface area contributed by atoms with Crippen molar-refractivity contribution in [2.24, 2.45) is 0 Å². The molecule has 0 aliphatic carbocycles. The first kappa shape index (κ1) is 10.7. The highest BCUT2D eigenvalue weighted by Crippen LogP contribution is 2.20. The summed E-state index contributed by atoms with van der Waals surface area (Å²) in [5.74, 6) is 0. The smallest absolute Gasteiger partial charge is 0.158 e. The summed E-state index contributed by atoms with van der Waals surface area (Å²) < 4.78 is 11.4. The van der Waals surface area contributed by atoms with E-state index in [-0.39, 0.29) is 6.29 Å². The summed E-state index contributed by atoms with van der Waals surface area (Å²) in [6.07, 6.45) is 3.73. The first-order valence-electron chi connectivity index (χ1n) is 5.65. The van der Waals surface area contributed by atoms with Gasteiger partial charge in [0.15, 0.2) is 6.29 Å². The Kier molecular flexibility index (Phi) is 3.75. The molecule has 0 radical (unpaired) electrons. The second-order valence-electron chi connectivity index (χ2n) is 4.10. The van der Waals surface area contributed by atoms with Gasteiger partial charge in [0.25, 0.3) is 0 Å². The molecule has 1 heterocycles. The molecular weight excluding hydrogens is 188 g/mol. The summed E-state index contributed by atoms with van der Waals surface area (Å²) in [6.45, 7) is 2.76. The molecule has 15 heavy (non-hydrogen) atoms. The van der Waals surface area contributed by atoms with Crippen LogP contribution in [0, 0.1) is 0 Å². The van der Waals surface area contributed by atoms with Gasteiger partial charge in [0.1, 0.15) is 0 Å². The Labute approximate surface area is 91.2 Å². The van der Waals surface area contributed by atoms with Crippen LogP contribution in [-0.4, -0.2) is 12.4 Å². The largest absolute Gasteiger partial charge is 0.350 e. The summed E-state index contributed by atoms with van der Waals surface area (Å²) in [5, 5.41) is 0. The van der Waals surface area contributed by atoms with Crippen LogP contribution in [0.3, 0.4) is 0 Å². The number of hydrogen-bond acceptors (Lipinski definition) is 2. The summed E-state index contributed by atoms with van der Waals surface area (Å²) >= 11 is 0. The van der Waals surface area contributed by atoms with Gasteiger partial charge in [-0.15, -0.1) is 0 Å². The van der Waals surface area contributed by atoms with Crippen molar-refractivity contribution in [1.29, 1.82) is 0 Å². The highest BCUT2D eigenvalue weighted by Gasteiger charge is 2.19. The SMILES string of the molecule is CC1CCC[C@H](OCc2ccccc2)O1. The Bertz CT molecular complexity index is 284. The maximum absolute atomic E-state index is 5.72. The molecule has 1 aromatic rings. The lowest BCUT2D eigenvalue weighted by molar-refractivity contribution is -0.194. The average molecular weight is 206 g/mol. The molecular formula is C13H18O2. The van der Waals surface area contributed by atoms with E-state index in [9.17, 15) is 0 Å². The predicted octanol–water partition coefficient (Wildman–Crippen LogP) is 3.12. The summed E-state index contributed by atoms with van der Waals surface area (Å²) in [7, 11) is 0. The molecule has 0 spiro atoms. The van der Waals surface area contributed by atoms with Crippen molar-refractivity contribution in [2.45, 2.75) is 45.2 Å². The molecule has 1 aliphatic rings. The molecule has 1 saturated heterocycles. The molecule has 2 atom stereocenters. The minimum Gasteiger partial charge on any atom is -0.350 e. The molecule has 0 N–H and O–H groups in total. The minimum atomic E-state index is -0.00560. The van der Waals surface area contributed by atoms with Crippen molar-refractivity contribution < 1.29 is 9.47 Å². The first-order valence-corrected chi connectivity index (χ1v) is 5.65. The molecule has 1 fully saturated rings. The summed E-state index contributed by atoms with van der Waals surface area (Å²) in [5.41, 5.74) is 1.21. The van der Waals surface area contributed by atoms with Crippen molar-refractivity contribution in [2.75, 3.05) is 0 Å². The zero-order valence-electron chi connectivity index (χ0n) is 9.19. The Balaban J connectivity index is 1.78. The van der Waals surface area contributed by atoms with Gasteiger partial charge in [-0.05, 0) is 31.7 Å². The van der Waals surface area contributed by atoms with Crippen LogP contribution < -0.4 is 0 Å². The van der Waals surface area contributed by atoms with Gasteiger partial charge in [-0.1, -0.05) is 30.3 Å². The molecule has 0 aromatic heterocycles. The van der Waals surface area contributed by atoms with Crippen molar-refractivity contribution in [3.63, 3.8) is 0 Å². The average Bonchev–Trinajstić information content (AvgIpc) is 2.28. The fourth-order valence-corrected chi connectivity index (χ4v) is 1.85. The summed E-state index contributed by atoms with van der Waals surface area (Å²) in [4.78, 5) is 0. The molecule has 82 valence electrons. The Morgan fingerprint density at radius 2 is 2.07 bits per heavy atom. The maximum Gasteiger partial charge on any atom is 0.158 e. The van der Waals surface area contributed by atoms with E-state index in [0.717, 1.165) is 12.8 Å². The van der Waals surface area contributed by atoms with E-state index >= 15 is 0 Å². The van der Waals surface area contributed by atoms with Crippen LogP contribution >= 0.6 is 0 Å². The molecule has 1 unspecified atom stereocenters. The van der Waals surface area contributed by atoms with E-state index in [2.05, 4.69) is 19.1 Å².